The average molecular weight is 388 g/mol. The molecule has 0 saturated carbocycles. The number of pyridine rings is 1. The highest BCUT2D eigenvalue weighted by Gasteiger charge is 2.15. The van der Waals surface area contributed by atoms with Crippen LogP contribution in [0.1, 0.15) is 5.56 Å². The van der Waals surface area contributed by atoms with Crippen molar-refractivity contribution in [1.29, 1.82) is 0 Å². The number of nitrogens with zero attached hydrogens (tertiary/aromatic N) is 3. The summed E-state index contributed by atoms with van der Waals surface area (Å²) in [5.41, 5.74) is 4.32. The summed E-state index contributed by atoms with van der Waals surface area (Å²) in [5.74, 6) is 0.863. The van der Waals surface area contributed by atoms with Gasteiger partial charge < -0.3 is 0 Å². The van der Waals surface area contributed by atoms with Crippen molar-refractivity contribution in [2.45, 2.75) is 6.92 Å². The number of hydrogen-bond acceptors (Lipinski definition) is 2. The third-order valence-electron chi connectivity index (χ3n) is 4.62. The van der Waals surface area contributed by atoms with Gasteiger partial charge in [0.2, 0.25) is 0 Å². The van der Waals surface area contributed by atoms with Crippen LogP contribution in [0.4, 0.5) is 0 Å². The van der Waals surface area contributed by atoms with Crippen molar-refractivity contribution >= 4 is 43.3 Å². The molecule has 5 aromatic rings. The lowest BCUT2D eigenvalue weighted by Crippen LogP contribution is -1.94. The van der Waals surface area contributed by atoms with Gasteiger partial charge in [-0.25, -0.2) is 0 Å². The van der Waals surface area contributed by atoms with Crippen LogP contribution in [0.15, 0.2) is 71.2 Å². The molecule has 0 bridgehead atoms. The van der Waals surface area contributed by atoms with E-state index in [-0.39, 0.29) is 0 Å². The second-order valence-electron chi connectivity index (χ2n) is 6.26. The first-order chi connectivity index (χ1) is 12.2. The summed E-state index contributed by atoms with van der Waals surface area (Å²) in [6.07, 6.45) is 0. The number of rotatable bonds is 1. The highest BCUT2D eigenvalue weighted by Crippen LogP contribution is 2.32. The molecule has 0 N–H and O–H groups in total. The largest absolute Gasteiger partial charge is 0.274 e. The normalized spacial score (nSPS) is 11.6. The van der Waals surface area contributed by atoms with Crippen LogP contribution in [0.2, 0.25) is 0 Å². The molecule has 3 nitrogen and oxygen atoms in total. The van der Waals surface area contributed by atoms with Crippen molar-refractivity contribution in [2.75, 3.05) is 0 Å². The molecule has 0 aliphatic heterocycles. The Balaban J connectivity index is 2.00. The number of benzene rings is 3. The third kappa shape index (κ3) is 2.18. The molecule has 0 spiro atoms. The fourth-order valence-electron chi connectivity index (χ4n) is 3.45. The molecule has 0 radical (unpaired) electrons. The van der Waals surface area contributed by atoms with Crippen molar-refractivity contribution in [3.63, 3.8) is 0 Å². The Morgan fingerprint density at radius 2 is 1.56 bits per heavy atom. The minimum absolute atomic E-state index is 0.863. The minimum Gasteiger partial charge on any atom is -0.274 e. The standard InChI is InChI=1S/C21H14BrN3/c1-13-6-11-19-18(12-13)16-4-2-3-5-17(16)21-24-23-20(25(19)21)14-7-9-15(22)10-8-14/h2-12H,1H3. The van der Waals surface area contributed by atoms with E-state index in [2.05, 4.69) is 92.0 Å². The van der Waals surface area contributed by atoms with Crippen LogP contribution in [-0.2, 0) is 0 Å². The second kappa shape index (κ2) is 5.39. The Morgan fingerprint density at radius 1 is 0.800 bits per heavy atom. The van der Waals surface area contributed by atoms with Gasteiger partial charge in [-0.2, -0.15) is 0 Å². The summed E-state index contributed by atoms with van der Waals surface area (Å²) < 4.78 is 3.22. The van der Waals surface area contributed by atoms with Crippen LogP contribution < -0.4 is 0 Å². The number of hydrogen-bond donors (Lipinski definition) is 0. The topological polar surface area (TPSA) is 30.2 Å². The van der Waals surface area contributed by atoms with E-state index in [0.29, 0.717) is 0 Å². The van der Waals surface area contributed by atoms with Gasteiger partial charge in [-0.15, -0.1) is 10.2 Å². The molecule has 0 unspecified atom stereocenters. The summed E-state index contributed by atoms with van der Waals surface area (Å²) in [6.45, 7) is 2.13. The Morgan fingerprint density at radius 3 is 2.36 bits per heavy atom. The molecular formula is C21H14BrN3. The zero-order valence-electron chi connectivity index (χ0n) is 13.6. The average Bonchev–Trinajstić information content (AvgIpc) is 3.08. The maximum absolute atomic E-state index is 4.52. The SMILES string of the molecule is Cc1ccc2c(c1)c1ccccc1c1nnc(-c3ccc(Br)cc3)n21. The molecule has 25 heavy (non-hydrogen) atoms. The van der Waals surface area contributed by atoms with E-state index in [1.54, 1.807) is 0 Å². The molecule has 0 fully saturated rings. The highest BCUT2D eigenvalue weighted by atomic mass is 79.9. The van der Waals surface area contributed by atoms with E-state index >= 15 is 0 Å². The van der Waals surface area contributed by atoms with E-state index < -0.39 is 0 Å². The predicted octanol–water partition coefficient (Wildman–Crippen LogP) is 5.77. The van der Waals surface area contributed by atoms with Crippen molar-refractivity contribution in [3.8, 4) is 11.4 Å². The first kappa shape index (κ1) is 14.6. The van der Waals surface area contributed by atoms with Gasteiger partial charge in [-0.05, 0) is 36.6 Å². The molecule has 2 heterocycles. The van der Waals surface area contributed by atoms with Gasteiger partial charge in [0.25, 0.3) is 0 Å². The zero-order chi connectivity index (χ0) is 17.0. The fourth-order valence-corrected chi connectivity index (χ4v) is 3.71. The third-order valence-corrected chi connectivity index (χ3v) is 5.15. The molecule has 0 saturated heterocycles. The molecule has 0 aliphatic rings. The number of aryl methyl sites for hydroxylation is 1. The molecule has 5 rings (SSSR count). The second-order valence-corrected chi connectivity index (χ2v) is 7.17. The maximum Gasteiger partial charge on any atom is 0.169 e. The summed E-state index contributed by atoms with van der Waals surface area (Å²) in [7, 11) is 0. The van der Waals surface area contributed by atoms with Crippen LogP contribution in [0.25, 0.3) is 38.7 Å². The number of aromatic nitrogens is 3. The molecule has 3 aromatic carbocycles. The van der Waals surface area contributed by atoms with Gasteiger partial charge in [0.1, 0.15) is 0 Å². The zero-order valence-corrected chi connectivity index (χ0v) is 15.2. The molecule has 120 valence electrons. The fraction of sp³-hybridized carbons (Fsp3) is 0.0476. The van der Waals surface area contributed by atoms with Gasteiger partial charge >= 0.3 is 0 Å². The molecule has 0 amide bonds. The van der Waals surface area contributed by atoms with Crippen LogP contribution >= 0.6 is 15.9 Å². The van der Waals surface area contributed by atoms with Crippen molar-refractivity contribution in [1.82, 2.24) is 14.6 Å². The molecule has 0 atom stereocenters. The van der Waals surface area contributed by atoms with E-state index in [0.717, 1.165) is 32.4 Å². The highest BCUT2D eigenvalue weighted by molar-refractivity contribution is 9.10. The Bertz CT molecular complexity index is 1250. The van der Waals surface area contributed by atoms with Gasteiger partial charge in [-0.1, -0.05) is 64.0 Å². The molecule has 0 aliphatic carbocycles. The Labute approximate surface area is 153 Å². The first-order valence-electron chi connectivity index (χ1n) is 8.14. The summed E-state index contributed by atoms with van der Waals surface area (Å²) in [6, 6.07) is 23.1. The van der Waals surface area contributed by atoms with Gasteiger partial charge in [-0.3, -0.25) is 4.40 Å². The predicted molar refractivity (Wildman–Crippen MR) is 106 cm³/mol. The molecule has 4 heteroatoms. The summed E-state index contributed by atoms with van der Waals surface area (Å²) in [4.78, 5) is 0. The minimum atomic E-state index is 0.863. The lowest BCUT2D eigenvalue weighted by Gasteiger charge is -2.10. The first-order valence-corrected chi connectivity index (χ1v) is 8.94. The lowest BCUT2D eigenvalue weighted by atomic mass is 10.0. The van der Waals surface area contributed by atoms with E-state index in [9.17, 15) is 0 Å². The maximum atomic E-state index is 4.52. The molecule has 2 aromatic heterocycles. The number of halogens is 1. The van der Waals surface area contributed by atoms with Crippen LogP contribution in [0.3, 0.4) is 0 Å². The van der Waals surface area contributed by atoms with E-state index in [1.807, 2.05) is 12.1 Å². The van der Waals surface area contributed by atoms with Crippen molar-refractivity contribution in [2.24, 2.45) is 0 Å². The Hall–Kier alpha value is -2.72. The van der Waals surface area contributed by atoms with Gasteiger partial charge in [0.05, 0.1) is 5.52 Å². The van der Waals surface area contributed by atoms with Crippen LogP contribution in [-0.4, -0.2) is 14.6 Å². The van der Waals surface area contributed by atoms with Gasteiger partial charge in [0.15, 0.2) is 11.5 Å². The monoisotopic (exact) mass is 387 g/mol. The lowest BCUT2D eigenvalue weighted by molar-refractivity contribution is 1.12. The van der Waals surface area contributed by atoms with Crippen molar-refractivity contribution in [3.05, 3.63) is 76.8 Å². The van der Waals surface area contributed by atoms with Crippen molar-refractivity contribution < 1.29 is 0 Å². The Kier molecular flexibility index (Phi) is 3.15. The quantitative estimate of drug-likeness (QED) is 0.341. The summed E-state index contributed by atoms with van der Waals surface area (Å²) >= 11 is 3.50. The smallest absolute Gasteiger partial charge is 0.169 e. The number of fused-ring (bicyclic) bond motifs is 6. The van der Waals surface area contributed by atoms with Crippen LogP contribution in [0.5, 0.6) is 0 Å². The van der Waals surface area contributed by atoms with Gasteiger partial charge in [0, 0.05) is 20.8 Å². The van der Waals surface area contributed by atoms with Crippen LogP contribution in [0, 0.1) is 6.92 Å². The summed E-state index contributed by atoms with van der Waals surface area (Å²) in [5, 5.41) is 12.6. The molecular weight excluding hydrogens is 374 g/mol. The van der Waals surface area contributed by atoms with E-state index in [4.69, 9.17) is 0 Å². The van der Waals surface area contributed by atoms with E-state index in [1.165, 1.54) is 16.3 Å².